The van der Waals surface area contributed by atoms with E-state index in [0.717, 1.165) is 0 Å². The number of aromatic carboxylic acids is 1. The molecule has 5 N–H and O–H groups in total. The van der Waals surface area contributed by atoms with Crippen LogP contribution >= 0.6 is 0 Å². The van der Waals surface area contributed by atoms with Crippen LogP contribution in [0, 0.1) is 0 Å². The van der Waals surface area contributed by atoms with Crippen LogP contribution in [-0.4, -0.2) is 35.2 Å². The summed E-state index contributed by atoms with van der Waals surface area (Å²) in [6.45, 7) is 0.909. The van der Waals surface area contributed by atoms with Crippen molar-refractivity contribution in [2.24, 2.45) is 5.73 Å². The molecule has 0 spiro atoms. The summed E-state index contributed by atoms with van der Waals surface area (Å²) < 4.78 is 0. The summed E-state index contributed by atoms with van der Waals surface area (Å²) in [7, 11) is 0. The van der Waals surface area contributed by atoms with Crippen molar-refractivity contribution in [2.75, 3.05) is 13.1 Å². The molecule has 0 radical (unpaired) electrons. The second-order valence-electron chi connectivity index (χ2n) is 3.24. The van der Waals surface area contributed by atoms with Gasteiger partial charge in [-0.05, 0) is 12.1 Å². The van der Waals surface area contributed by atoms with Crippen molar-refractivity contribution in [1.29, 1.82) is 0 Å². The van der Waals surface area contributed by atoms with Gasteiger partial charge in [0.25, 0.3) is 0 Å². The maximum Gasteiger partial charge on any atom is 0.335 e. The molecule has 17 heavy (non-hydrogen) atoms. The van der Waals surface area contributed by atoms with Gasteiger partial charge in [-0.3, -0.25) is 4.98 Å². The van der Waals surface area contributed by atoms with Crippen LogP contribution in [0.3, 0.4) is 0 Å². The number of hydrogen-bond acceptors (Lipinski definition) is 4. The predicted molar refractivity (Wildman–Crippen MR) is 60.5 cm³/mol. The van der Waals surface area contributed by atoms with Gasteiger partial charge in [0.2, 0.25) is 0 Å². The molecule has 0 aliphatic heterocycles. The van der Waals surface area contributed by atoms with Gasteiger partial charge in [0.1, 0.15) is 0 Å². The number of carboxylic acids is 1. The summed E-state index contributed by atoms with van der Waals surface area (Å²) in [6.07, 6.45) is 1.39. The number of aromatic nitrogens is 1. The van der Waals surface area contributed by atoms with E-state index in [0.29, 0.717) is 18.8 Å². The Morgan fingerprint density at radius 1 is 1.41 bits per heavy atom. The standard InChI is InChI=1S/C10H14N4O3/c11-2-4-13-10(17)14-6-8-5-7(9(15)16)1-3-12-8/h1,3,5H,2,4,6,11H2,(H,15,16)(H2,13,14,17). The first-order valence-electron chi connectivity index (χ1n) is 5.03. The lowest BCUT2D eigenvalue weighted by Gasteiger charge is -2.06. The third-order valence-electron chi connectivity index (χ3n) is 1.92. The molecule has 1 aromatic rings. The van der Waals surface area contributed by atoms with Gasteiger partial charge in [-0.2, -0.15) is 0 Å². The van der Waals surface area contributed by atoms with Crippen molar-refractivity contribution in [1.82, 2.24) is 15.6 Å². The van der Waals surface area contributed by atoms with E-state index in [4.69, 9.17) is 10.8 Å². The van der Waals surface area contributed by atoms with E-state index >= 15 is 0 Å². The van der Waals surface area contributed by atoms with E-state index in [9.17, 15) is 9.59 Å². The second kappa shape index (κ2) is 6.44. The molecule has 1 aromatic heterocycles. The Morgan fingerprint density at radius 2 is 2.18 bits per heavy atom. The Morgan fingerprint density at radius 3 is 2.82 bits per heavy atom. The average Bonchev–Trinajstić information content (AvgIpc) is 2.34. The number of carbonyl (C=O) groups excluding carboxylic acids is 1. The minimum atomic E-state index is -1.03. The molecule has 7 heteroatoms. The SMILES string of the molecule is NCCNC(=O)NCc1cc(C(=O)O)ccn1. The first kappa shape index (κ1) is 12.9. The van der Waals surface area contributed by atoms with Gasteiger partial charge in [0.05, 0.1) is 17.8 Å². The lowest BCUT2D eigenvalue weighted by atomic mass is 10.2. The van der Waals surface area contributed by atoms with Crippen LogP contribution in [0.2, 0.25) is 0 Å². The fourth-order valence-electron chi connectivity index (χ4n) is 1.13. The number of urea groups is 1. The number of hydrogen-bond donors (Lipinski definition) is 4. The Hall–Kier alpha value is -2.15. The van der Waals surface area contributed by atoms with Gasteiger partial charge in [0, 0.05) is 19.3 Å². The highest BCUT2D eigenvalue weighted by molar-refractivity contribution is 5.87. The third-order valence-corrected chi connectivity index (χ3v) is 1.92. The number of nitrogens with one attached hydrogen (secondary N) is 2. The monoisotopic (exact) mass is 238 g/mol. The highest BCUT2D eigenvalue weighted by Crippen LogP contribution is 2.01. The molecule has 0 saturated carbocycles. The van der Waals surface area contributed by atoms with Crippen molar-refractivity contribution < 1.29 is 14.7 Å². The zero-order valence-corrected chi connectivity index (χ0v) is 9.14. The summed E-state index contributed by atoms with van der Waals surface area (Å²) >= 11 is 0. The molecule has 0 fully saturated rings. The molecule has 0 saturated heterocycles. The molecule has 0 aromatic carbocycles. The summed E-state index contributed by atoms with van der Waals surface area (Å²) in [5.74, 6) is -1.03. The van der Waals surface area contributed by atoms with E-state index in [-0.39, 0.29) is 18.1 Å². The molecule has 0 bridgehead atoms. The molecule has 7 nitrogen and oxygen atoms in total. The van der Waals surface area contributed by atoms with Crippen LogP contribution in [0.5, 0.6) is 0 Å². The number of nitrogens with two attached hydrogens (primary N) is 1. The van der Waals surface area contributed by atoms with E-state index in [2.05, 4.69) is 15.6 Å². The van der Waals surface area contributed by atoms with Crippen LogP contribution < -0.4 is 16.4 Å². The van der Waals surface area contributed by atoms with E-state index in [1.54, 1.807) is 0 Å². The second-order valence-corrected chi connectivity index (χ2v) is 3.24. The maximum atomic E-state index is 11.2. The lowest BCUT2D eigenvalue weighted by Crippen LogP contribution is -2.37. The van der Waals surface area contributed by atoms with Gasteiger partial charge in [-0.1, -0.05) is 0 Å². The summed E-state index contributed by atoms with van der Waals surface area (Å²) in [6, 6.07) is 2.43. The Balaban J connectivity index is 2.49. The molecule has 1 heterocycles. The van der Waals surface area contributed by atoms with Crippen LogP contribution in [-0.2, 0) is 6.54 Å². The minimum absolute atomic E-state index is 0.138. The topological polar surface area (TPSA) is 117 Å². The van der Waals surface area contributed by atoms with E-state index in [1.807, 2.05) is 0 Å². The number of pyridine rings is 1. The number of nitrogens with zero attached hydrogens (tertiary/aromatic N) is 1. The zero-order chi connectivity index (χ0) is 12.7. The van der Waals surface area contributed by atoms with Gasteiger partial charge in [-0.25, -0.2) is 9.59 Å². The molecular weight excluding hydrogens is 224 g/mol. The average molecular weight is 238 g/mol. The predicted octanol–water partition coefficient (Wildman–Crippen LogP) is -0.462. The fraction of sp³-hybridized carbons (Fsp3) is 0.300. The van der Waals surface area contributed by atoms with Gasteiger partial charge < -0.3 is 21.5 Å². The van der Waals surface area contributed by atoms with Crippen LogP contribution in [0.25, 0.3) is 0 Å². The van der Waals surface area contributed by atoms with Crippen molar-refractivity contribution >= 4 is 12.0 Å². The third kappa shape index (κ3) is 4.47. The number of carbonyl (C=O) groups is 2. The molecule has 92 valence electrons. The van der Waals surface area contributed by atoms with Crippen molar-refractivity contribution in [3.05, 3.63) is 29.6 Å². The molecule has 0 aliphatic rings. The minimum Gasteiger partial charge on any atom is -0.478 e. The Kier molecular flexibility index (Phi) is 4.89. The van der Waals surface area contributed by atoms with Crippen molar-refractivity contribution in [3.63, 3.8) is 0 Å². The summed E-state index contributed by atoms with van der Waals surface area (Å²) in [4.78, 5) is 25.8. The van der Waals surface area contributed by atoms with Crippen LogP contribution in [0.15, 0.2) is 18.3 Å². The molecule has 0 aliphatic carbocycles. The molecule has 2 amide bonds. The molecule has 0 atom stereocenters. The number of amides is 2. The van der Waals surface area contributed by atoms with Gasteiger partial charge in [-0.15, -0.1) is 0 Å². The molecular formula is C10H14N4O3. The highest BCUT2D eigenvalue weighted by atomic mass is 16.4. The first-order chi connectivity index (χ1) is 8.13. The zero-order valence-electron chi connectivity index (χ0n) is 9.14. The molecule has 0 unspecified atom stereocenters. The lowest BCUT2D eigenvalue weighted by molar-refractivity contribution is 0.0696. The van der Waals surface area contributed by atoms with Gasteiger partial charge >= 0.3 is 12.0 Å². The number of carboxylic acid groups (broad SMARTS) is 1. The normalized spacial score (nSPS) is 9.71. The van der Waals surface area contributed by atoms with Gasteiger partial charge in [0.15, 0.2) is 0 Å². The van der Waals surface area contributed by atoms with E-state index in [1.165, 1.54) is 18.3 Å². The van der Waals surface area contributed by atoms with Crippen molar-refractivity contribution in [2.45, 2.75) is 6.54 Å². The quantitative estimate of drug-likeness (QED) is 0.553. The number of rotatable bonds is 5. The smallest absolute Gasteiger partial charge is 0.335 e. The van der Waals surface area contributed by atoms with E-state index < -0.39 is 5.97 Å². The summed E-state index contributed by atoms with van der Waals surface area (Å²) in [5, 5.41) is 13.8. The van der Waals surface area contributed by atoms with Crippen LogP contribution in [0.4, 0.5) is 4.79 Å². The Bertz CT molecular complexity index is 408. The Labute approximate surface area is 98.0 Å². The first-order valence-corrected chi connectivity index (χ1v) is 5.03. The van der Waals surface area contributed by atoms with Crippen LogP contribution in [0.1, 0.15) is 16.1 Å². The highest BCUT2D eigenvalue weighted by Gasteiger charge is 2.05. The maximum absolute atomic E-state index is 11.2. The van der Waals surface area contributed by atoms with Crippen molar-refractivity contribution in [3.8, 4) is 0 Å². The molecule has 1 rings (SSSR count). The summed E-state index contributed by atoms with van der Waals surface area (Å²) in [5.41, 5.74) is 5.83. The fourth-order valence-corrected chi connectivity index (χ4v) is 1.13. The largest absolute Gasteiger partial charge is 0.478 e.